The average molecular weight is 220 g/mol. The van der Waals surface area contributed by atoms with E-state index in [2.05, 4.69) is 0 Å². The molecule has 0 bridgehead atoms. The number of methoxy groups -OCH3 is 1. The quantitative estimate of drug-likeness (QED) is 0.620. The summed E-state index contributed by atoms with van der Waals surface area (Å²) in [6.07, 6.45) is 0.858. The Kier molecular flexibility index (Phi) is 2.42. The minimum atomic E-state index is -1.17. The minimum Gasteiger partial charge on any atom is -0.497 e. The third-order valence-electron chi connectivity index (χ3n) is 2.93. The number of rotatable bonds is 4. The van der Waals surface area contributed by atoms with Crippen LogP contribution >= 0.6 is 0 Å². The molecule has 1 fully saturated rings. The fraction of sp³-hybridized carbons (Fsp3) is 0.333. The molecule has 0 unspecified atom stereocenters. The standard InChI is InChI=1S/C12H12O4/c1-16-9-4-2-3-8(7-9)10(13)12(5-6-12)11(14)15/h2-4,7H,5-6H2,1H3,(H,14,15). The van der Waals surface area contributed by atoms with E-state index < -0.39 is 11.4 Å². The Labute approximate surface area is 92.8 Å². The molecule has 0 amide bonds. The summed E-state index contributed by atoms with van der Waals surface area (Å²) in [4.78, 5) is 23.0. The lowest BCUT2D eigenvalue weighted by Gasteiger charge is -2.09. The van der Waals surface area contributed by atoms with Crippen LogP contribution in [0, 0.1) is 5.41 Å². The number of hydrogen-bond donors (Lipinski definition) is 1. The van der Waals surface area contributed by atoms with Gasteiger partial charge in [-0.05, 0) is 25.0 Å². The van der Waals surface area contributed by atoms with Crippen LogP contribution in [0.5, 0.6) is 5.75 Å². The summed E-state index contributed by atoms with van der Waals surface area (Å²) >= 11 is 0. The average Bonchev–Trinajstić information content (AvgIpc) is 3.09. The summed E-state index contributed by atoms with van der Waals surface area (Å²) in [5.41, 5.74) is -0.772. The SMILES string of the molecule is COc1cccc(C(=O)C2(C(=O)O)CC2)c1. The summed E-state index contributed by atoms with van der Waals surface area (Å²) in [6, 6.07) is 6.60. The van der Waals surface area contributed by atoms with Gasteiger partial charge >= 0.3 is 5.97 Å². The molecule has 1 aliphatic carbocycles. The highest BCUT2D eigenvalue weighted by Gasteiger charge is 2.56. The van der Waals surface area contributed by atoms with E-state index in [9.17, 15) is 9.59 Å². The lowest BCUT2D eigenvalue weighted by atomic mass is 9.95. The number of carbonyl (C=O) groups is 2. The number of ketones is 1. The highest BCUT2D eigenvalue weighted by Crippen LogP contribution is 2.48. The van der Waals surface area contributed by atoms with Crippen LogP contribution in [-0.4, -0.2) is 24.0 Å². The molecule has 0 atom stereocenters. The highest BCUT2D eigenvalue weighted by atomic mass is 16.5. The van der Waals surface area contributed by atoms with Crippen LogP contribution in [0.15, 0.2) is 24.3 Å². The molecule has 2 rings (SSSR count). The van der Waals surface area contributed by atoms with Crippen molar-refractivity contribution in [2.45, 2.75) is 12.8 Å². The van der Waals surface area contributed by atoms with Gasteiger partial charge in [-0.1, -0.05) is 12.1 Å². The van der Waals surface area contributed by atoms with Crippen LogP contribution in [-0.2, 0) is 4.79 Å². The van der Waals surface area contributed by atoms with Gasteiger partial charge in [0.25, 0.3) is 0 Å². The maximum Gasteiger partial charge on any atom is 0.317 e. The van der Waals surface area contributed by atoms with Gasteiger partial charge in [0.05, 0.1) is 7.11 Å². The van der Waals surface area contributed by atoms with Crippen molar-refractivity contribution in [3.63, 3.8) is 0 Å². The van der Waals surface area contributed by atoms with Gasteiger partial charge < -0.3 is 9.84 Å². The zero-order valence-electron chi connectivity index (χ0n) is 8.90. The molecule has 0 heterocycles. The summed E-state index contributed by atoms with van der Waals surface area (Å²) in [5, 5.41) is 9.01. The van der Waals surface area contributed by atoms with Crippen molar-refractivity contribution in [1.29, 1.82) is 0 Å². The molecular weight excluding hydrogens is 208 g/mol. The lowest BCUT2D eigenvalue weighted by molar-refractivity contribution is -0.141. The van der Waals surface area contributed by atoms with Crippen molar-refractivity contribution in [2.24, 2.45) is 5.41 Å². The van der Waals surface area contributed by atoms with Gasteiger partial charge in [0, 0.05) is 5.56 Å². The maximum atomic E-state index is 12.0. The van der Waals surface area contributed by atoms with E-state index in [1.807, 2.05) is 0 Å². The Morgan fingerprint density at radius 2 is 2.06 bits per heavy atom. The van der Waals surface area contributed by atoms with E-state index >= 15 is 0 Å². The minimum absolute atomic E-state index is 0.320. The molecule has 0 saturated heterocycles. The van der Waals surface area contributed by atoms with E-state index in [1.165, 1.54) is 7.11 Å². The number of hydrogen-bond acceptors (Lipinski definition) is 3. The van der Waals surface area contributed by atoms with Gasteiger partial charge in [-0.15, -0.1) is 0 Å². The molecule has 0 radical (unpaired) electrons. The molecule has 1 N–H and O–H groups in total. The Hall–Kier alpha value is -1.84. The van der Waals surface area contributed by atoms with E-state index in [0.717, 1.165) is 0 Å². The van der Waals surface area contributed by atoms with Crippen molar-refractivity contribution in [1.82, 2.24) is 0 Å². The molecule has 16 heavy (non-hydrogen) atoms. The number of carboxylic acid groups (broad SMARTS) is 1. The van der Waals surface area contributed by atoms with Crippen LogP contribution in [0.1, 0.15) is 23.2 Å². The van der Waals surface area contributed by atoms with Crippen LogP contribution in [0.4, 0.5) is 0 Å². The number of ether oxygens (including phenoxy) is 1. The van der Waals surface area contributed by atoms with Crippen molar-refractivity contribution in [3.8, 4) is 5.75 Å². The fourth-order valence-electron chi connectivity index (χ4n) is 1.70. The molecule has 84 valence electrons. The number of carboxylic acids is 1. The number of Topliss-reactive ketones (excluding diaryl/α,β-unsaturated/α-hetero) is 1. The largest absolute Gasteiger partial charge is 0.497 e. The third-order valence-corrected chi connectivity index (χ3v) is 2.93. The van der Waals surface area contributed by atoms with Crippen LogP contribution < -0.4 is 4.74 Å². The van der Waals surface area contributed by atoms with Gasteiger partial charge in [-0.2, -0.15) is 0 Å². The summed E-state index contributed by atoms with van der Waals surface area (Å²) in [6.45, 7) is 0. The molecule has 0 aliphatic heterocycles. The first kappa shape index (κ1) is 10.7. The summed E-state index contributed by atoms with van der Waals surface area (Å²) < 4.78 is 5.00. The molecular formula is C12H12O4. The van der Waals surface area contributed by atoms with E-state index in [0.29, 0.717) is 24.2 Å². The number of aliphatic carboxylic acids is 1. The third kappa shape index (κ3) is 1.56. The molecule has 1 aromatic rings. The predicted octanol–water partition coefficient (Wildman–Crippen LogP) is 1.74. The highest BCUT2D eigenvalue weighted by molar-refractivity contribution is 6.14. The van der Waals surface area contributed by atoms with Crippen LogP contribution in [0.2, 0.25) is 0 Å². The Bertz CT molecular complexity index is 446. The molecule has 0 aromatic heterocycles. The fourth-order valence-corrected chi connectivity index (χ4v) is 1.70. The molecule has 1 aliphatic rings. The predicted molar refractivity (Wildman–Crippen MR) is 56.6 cm³/mol. The first-order valence-electron chi connectivity index (χ1n) is 5.02. The van der Waals surface area contributed by atoms with Crippen molar-refractivity contribution < 1.29 is 19.4 Å². The molecule has 0 spiro atoms. The maximum absolute atomic E-state index is 12.0. The first-order valence-corrected chi connectivity index (χ1v) is 5.02. The van der Waals surface area contributed by atoms with Gasteiger partial charge in [0.2, 0.25) is 0 Å². The second-order valence-electron chi connectivity index (χ2n) is 3.95. The van der Waals surface area contributed by atoms with Crippen molar-refractivity contribution in [3.05, 3.63) is 29.8 Å². The Morgan fingerprint density at radius 3 is 2.56 bits per heavy atom. The first-order chi connectivity index (χ1) is 7.60. The monoisotopic (exact) mass is 220 g/mol. The van der Waals surface area contributed by atoms with E-state index in [-0.39, 0.29) is 5.78 Å². The van der Waals surface area contributed by atoms with Gasteiger partial charge in [0.15, 0.2) is 5.78 Å². The zero-order valence-corrected chi connectivity index (χ0v) is 8.90. The molecule has 4 nitrogen and oxygen atoms in total. The van der Waals surface area contributed by atoms with Gasteiger partial charge in [-0.3, -0.25) is 9.59 Å². The normalized spacial score (nSPS) is 16.6. The van der Waals surface area contributed by atoms with Crippen LogP contribution in [0.3, 0.4) is 0 Å². The molecule has 4 heteroatoms. The molecule has 1 aromatic carbocycles. The van der Waals surface area contributed by atoms with Crippen molar-refractivity contribution in [2.75, 3.05) is 7.11 Å². The van der Waals surface area contributed by atoms with Gasteiger partial charge in [0.1, 0.15) is 11.2 Å². The zero-order chi connectivity index (χ0) is 11.8. The Balaban J connectivity index is 2.31. The number of carbonyl (C=O) groups excluding carboxylic acids is 1. The van der Waals surface area contributed by atoms with Crippen LogP contribution in [0.25, 0.3) is 0 Å². The number of benzene rings is 1. The summed E-state index contributed by atoms with van der Waals surface area (Å²) in [7, 11) is 1.51. The topological polar surface area (TPSA) is 63.6 Å². The second kappa shape index (κ2) is 3.63. The lowest BCUT2D eigenvalue weighted by Crippen LogP contribution is -2.25. The van der Waals surface area contributed by atoms with Crippen molar-refractivity contribution >= 4 is 11.8 Å². The smallest absolute Gasteiger partial charge is 0.317 e. The summed E-state index contributed by atoms with van der Waals surface area (Å²) in [5.74, 6) is -0.786. The molecule has 1 saturated carbocycles. The van der Waals surface area contributed by atoms with E-state index in [1.54, 1.807) is 24.3 Å². The second-order valence-corrected chi connectivity index (χ2v) is 3.95. The Morgan fingerprint density at radius 1 is 1.38 bits per heavy atom. The van der Waals surface area contributed by atoms with E-state index in [4.69, 9.17) is 9.84 Å². The van der Waals surface area contributed by atoms with Gasteiger partial charge in [-0.25, -0.2) is 0 Å².